The van der Waals surface area contributed by atoms with Crippen LogP contribution >= 0.6 is 0 Å². The van der Waals surface area contributed by atoms with E-state index in [0.29, 0.717) is 12.7 Å². The van der Waals surface area contributed by atoms with Crippen molar-refractivity contribution in [1.82, 2.24) is 0 Å². The minimum absolute atomic E-state index is 0.00203. The quantitative estimate of drug-likeness (QED) is 0.672. The van der Waals surface area contributed by atoms with E-state index in [-0.39, 0.29) is 5.60 Å². The van der Waals surface area contributed by atoms with E-state index in [1.54, 1.807) is 7.11 Å². The van der Waals surface area contributed by atoms with E-state index in [9.17, 15) is 0 Å². The van der Waals surface area contributed by atoms with Gasteiger partial charge in [-0.25, -0.2) is 0 Å². The highest BCUT2D eigenvalue weighted by Crippen LogP contribution is 2.32. The molecule has 0 aromatic heterocycles. The Morgan fingerprint density at radius 2 is 2.05 bits per heavy atom. The number of rotatable bonds is 8. The highest BCUT2D eigenvalue weighted by Gasteiger charge is 2.16. The molecule has 1 aliphatic heterocycles. The predicted octanol–water partition coefficient (Wildman–Crippen LogP) is 5.05. The van der Waals surface area contributed by atoms with Crippen LogP contribution in [0.2, 0.25) is 0 Å². The third kappa shape index (κ3) is 5.06. The highest BCUT2D eigenvalue weighted by atomic mass is 16.7. The summed E-state index contributed by atoms with van der Waals surface area (Å²) in [6.45, 7) is 6.94. The van der Waals surface area contributed by atoms with Gasteiger partial charge in [-0.15, -0.1) is 0 Å². The molecule has 0 fully saturated rings. The van der Waals surface area contributed by atoms with E-state index >= 15 is 0 Å². The lowest BCUT2D eigenvalue weighted by molar-refractivity contribution is 0.0128. The van der Waals surface area contributed by atoms with Crippen molar-refractivity contribution in [2.45, 2.75) is 52.1 Å². The minimum Gasteiger partial charge on any atom is -0.454 e. The second-order valence-corrected chi connectivity index (χ2v) is 6.71. The molecule has 3 nitrogen and oxygen atoms in total. The van der Waals surface area contributed by atoms with E-state index in [1.807, 2.05) is 12.1 Å². The monoisotopic (exact) mass is 304 g/mol. The van der Waals surface area contributed by atoms with Crippen LogP contribution in [0.25, 0.3) is 6.08 Å². The number of hydrogen-bond donors (Lipinski definition) is 0. The Morgan fingerprint density at radius 1 is 1.27 bits per heavy atom. The predicted molar refractivity (Wildman–Crippen MR) is 90.3 cm³/mol. The molecule has 22 heavy (non-hydrogen) atoms. The first-order valence-corrected chi connectivity index (χ1v) is 8.11. The molecule has 1 aliphatic rings. The van der Waals surface area contributed by atoms with Gasteiger partial charge in [0.2, 0.25) is 6.79 Å². The van der Waals surface area contributed by atoms with Crippen LogP contribution in [0.1, 0.15) is 52.0 Å². The number of benzene rings is 1. The Morgan fingerprint density at radius 3 is 2.82 bits per heavy atom. The van der Waals surface area contributed by atoms with Crippen molar-refractivity contribution in [3.63, 3.8) is 0 Å². The SMILES string of the molecule is COC(C)(C)CCCC(C)C/C=C/c1ccc2c(c1)OCO2. The zero-order valence-electron chi connectivity index (χ0n) is 14.2. The van der Waals surface area contributed by atoms with E-state index in [4.69, 9.17) is 14.2 Å². The Balaban J connectivity index is 1.73. The molecule has 0 bridgehead atoms. The Kier molecular flexibility index (Phi) is 5.90. The lowest BCUT2D eigenvalue weighted by Gasteiger charge is -2.23. The molecule has 0 spiro atoms. The van der Waals surface area contributed by atoms with Crippen molar-refractivity contribution in [3.05, 3.63) is 29.8 Å². The maximum atomic E-state index is 5.46. The summed E-state index contributed by atoms with van der Waals surface area (Å²) in [5.41, 5.74) is 1.17. The maximum absolute atomic E-state index is 5.46. The van der Waals surface area contributed by atoms with Gasteiger partial charge in [0, 0.05) is 7.11 Å². The van der Waals surface area contributed by atoms with Crippen molar-refractivity contribution in [3.8, 4) is 11.5 Å². The van der Waals surface area contributed by atoms with Gasteiger partial charge in [-0.2, -0.15) is 0 Å². The zero-order valence-corrected chi connectivity index (χ0v) is 14.2. The lowest BCUT2D eigenvalue weighted by atomic mass is 9.95. The van der Waals surface area contributed by atoms with E-state index < -0.39 is 0 Å². The molecule has 0 radical (unpaired) electrons. The molecule has 1 aromatic rings. The molecule has 0 saturated heterocycles. The van der Waals surface area contributed by atoms with E-state index in [2.05, 4.69) is 39.0 Å². The highest BCUT2D eigenvalue weighted by molar-refractivity contribution is 5.56. The third-order valence-electron chi connectivity index (χ3n) is 4.27. The number of allylic oxidation sites excluding steroid dienone is 1. The van der Waals surface area contributed by atoms with Crippen LogP contribution in [0.4, 0.5) is 0 Å². The number of fused-ring (bicyclic) bond motifs is 1. The van der Waals surface area contributed by atoms with Crippen LogP contribution in [0, 0.1) is 5.92 Å². The van der Waals surface area contributed by atoms with E-state index in [1.165, 1.54) is 12.8 Å². The molecular weight excluding hydrogens is 276 g/mol. The molecule has 1 aromatic carbocycles. The van der Waals surface area contributed by atoms with E-state index in [0.717, 1.165) is 29.9 Å². The molecule has 2 rings (SSSR count). The molecule has 0 N–H and O–H groups in total. The normalized spacial score (nSPS) is 15.5. The van der Waals surface area contributed by atoms with Crippen molar-refractivity contribution < 1.29 is 14.2 Å². The Hall–Kier alpha value is -1.48. The fourth-order valence-electron chi connectivity index (χ4n) is 2.55. The summed E-state index contributed by atoms with van der Waals surface area (Å²) in [4.78, 5) is 0. The number of hydrogen-bond acceptors (Lipinski definition) is 3. The Bertz CT molecular complexity index is 505. The average Bonchev–Trinajstić information content (AvgIpc) is 2.94. The topological polar surface area (TPSA) is 27.7 Å². The fourth-order valence-corrected chi connectivity index (χ4v) is 2.55. The standard InChI is InChI=1S/C19H28O3/c1-15(8-6-12-19(2,3)20-4)7-5-9-16-10-11-17-18(13-16)22-14-21-17/h5,9-11,13,15H,6-8,12,14H2,1-4H3/b9-5+. The van der Waals surface area contributed by atoms with Gasteiger partial charge in [-0.05, 0) is 50.3 Å². The molecular formula is C19H28O3. The van der Waals surface area contributed by atoms with Gasteiger partial charge in [0.1, 0.15) is 0 Å². The number of methoxy groups -OCH3 is 1. The molecule has 0 saturated carbocycles. The summed E-state index contributed by atoms with van der Waals surface area (Å²) in [5, 5.41) is 0. The summed E-state index contributed by atoms with van der Waals surface area (Å²) in [5.74, 6) is 2.38. The van der Waals surface area contributed by atoms with Gasteiger partial charge >= 0.3 is 0 Å². The first-order valence-electron chi connectivity index (χ1n) is 8.11. The van der Waals surface area contributed by atoms with Crippen LogP contribution in [0.5, 0.6) is 11.5 Å². The van der Waals surface area contributed by atoms with Crippen molar-refractivity contribution in [2.75, 3.05) is 13.9 Å². The summed E-state index contributed by atoms with van der Waals surface area (Å²) >= 11 is 0. The van der Waals surface area contributed by atoms with Gasteiger partial charge in [-0.1, -0.05) is 38.0 Å². The van der Waals surface area contributed by atoms with Gasteiger partial charge in [0.15, 0.2) is 11.5 Å². The smallest absolute Gasteiger partial charge is 0.231 e. The van der Waals surface area contributed by atoms with Crippen LogP contribution in [-0.2, 0) is 4.74 Å². The molecule has 0 aliphatic carbocycles. The van der Waals surface area contributed by atoms with Crippen molar-refractivity contribution in [2.24, 2.45) is 5.92 Å². The largest absolute Gasteiger partial charge is 0.454 e. The zero-order chi connectivity index (χ0) is 16.0. The van der Waals surface area contributed by atoms with Crippen LogP contribution in [0.15, 0.2) is 24.3 Å². The molecule has 1 atom stereocenters. The summed E-state index contributed by atoms with van der Waals surface area (Å²) in [6.07, 6.45) is 9.07. The van der Waals surface area contributed by atoms with Crippen molar-refractivity contribution >= 4 is 6.08 Å². The van der Waals surface area contributed by atoms with Gasteiger partial charge < -0.3 is 14.2 Å². The number of ether oxygens (including phenoxy) is 3. The molecule has 122 valence electrons. The van der Waals surface area contributed by atoms with Crippen LogP contribution < -0.4 is 9.47 Å². The molecule has 0 amide bonds. The van der Waals surface area contributed by atoms with Gasteiger partial charge in [-0.3, -0.25) is 0 Å². The third-order valence-corrected chi connectivity index (χ3v) is 4.27. The summed E-state index contributed by atoms with van der Waals surface area (Å²) in [7, 11) is 1.79. The molecule has 1 unspecified atom stereocenters. The van der Waals surface area contributed by atoms with Gasteiger partial charge in [0.05, 0.1) is 5.60 Å². The van der Waals surface area contributed by atoms with Crippen LogP contribution in [-0.4, -0.2) is 19.5 Å². The second-order valence-electron chi connectivity index (χ2n) is 6.71. The average molecular weight is 304 g/mol. The molecule has 1 heterocycles. The van der Waals surface area contributed by atoms with Crippen LogP contribution in [0.3, 0.4) is 0 Å². The second kappa shape index (κ2) is 7.68. The maximum Gasteiger partial charge on any atom is 0.231 e. The summed E-state index contributed by atoms with van der Waals surface area (Å²) in [6, 6.07) is 6.07. The molecule has 3 heteroatoms. The first-order chi connectivity index (χ1) is 10.5. The first kappa shape index (κ1) is 16.9. The van der Waals surface area contributed by atoms with Gasteiger partial charge in [0.25, 0.3) is 0 Å². The minimum atomic E-state index is 0.00203. The summed E-state index contributed by atoms with van der Waals surface area (Å²) < 4.78 is 16.2. The van der Waals surface area contributed by atoms with Crippen molar-refractivity contribution in [1.29, 1.82) is 0 Å². The lowest BCUT2D eigenvalue weighted by Crippen LogP contribution is -2.22. The Labute approximate surface area is 134 Å². The fraction of sp³-hybridized carbons (Fsp3) is 0.579.